The molecule has 0 aliphatic carbocycles. The van der Waals surface area contributed by atoms with Crippen molar-refractivity contribution in [3.63, 3.8) is 0 Å². The molecule has 3 heteroatoms. The number of ketones is 2. The molecule has 0 saturated carbocycles. The Morgan fingerprint density at radius 1 is 0.529 bits per heavy atom. The van der Waals surface area contributed by atoms with Gasteiger partial charge in [-0.3, -0.25) is 9.59 Å². The Morgan fingerprint density at radius 2 is 0.912 bits per heavy atom. The molecule has 0 N–H and O–H groups in total. The number of ether oxygens (including phenoxy) is 1. The van der Waals surface area contributed by atoms with E-state index in [0.717, 1.165) is 22.4 Å². The fourth-order valence-electron chi connectivity index (χ4n) is 3.02. The standard InChI is InChI=1S/C16H14O2.C15H12O/c1-18-15-10-8-14(9-11-15)16(17)12-7-13-5-3-2-4-6-13;16-15(14-9-5-2-6-10-14)12-11-13-7-3-1-4-8-13/h2-12H,1H3;1-12H. The van der Waals surface area contributed by atoms with Gasteiger partial charge < -0.3 is 4.74 Å². The van der Waals surface area contributed by atoms with Crippen LogP contribution in [0.4, 0.5) is 0 Å². The van der Waals surface area contributed by atoms with Crippen LogP contribution in [0.15, 0.2) is 127 Å². The molecule has 3 nitrogen and oxygen atoms in total. The van der Waals surface area contributed by atoms with Crippen LogP contribution in [0.25, 0.3) is 12.2 Å². The van der Waals surface area contributed by atoms with Gasteiger partial charge in [-0.2, -0.15) is 0 Å². The summed E-state index contributed by atoms with van der Waals surface area (Å²) in [4.78, 5) is 23.6. The lowest BCUT2D eigenvalue weighted by molar-refractivity contribution is 0.103. The van der Waals surface area contributed by atoms with Crippen molar-refractivity contribution in [3.05, 3.63) is 150 Å². The first-order valence-corrected chi connectivity index (χ1v) is 10.9. The van der Waals surface area contributed by atoms with E-state index in [1.54, 1.807) is 43.5 Å². The smallest absolute Gasteiger partial charge is 0.185 e. The molecule has 168 valence electrons. The van der Waals surface area contributed by atoms with Crippen LogP contribution in [-0.2, 0) is 0 Å². The third kappa shape index (κ3) is 7.88. The third-order valence-electron chi connectivity index (χ3n) is 4.89. The van der Waals surface area contributed by atoms with Crippen LogP contribution >= 0.6 is 0 Å². The number of benzene rings is 4. The zero-order chi connectivity index (χ0) is 24.0. The molecular weight excluding hydrogens is 420 g/mol. The summed E-state index contributed by atoms with van der Waals surface area (Å²) in [6.07, 6.45) is 6.82. The van der Waals surface area contributed by atoms with Gasteiger partial charge in [0.2, 0.25) is 0 Å². The molecule has 34 heavy (non-hydrogen) atoms. The first-order chi connectivity index (χ1) is 16.7. The van der Waals surface area contributed by atoms with Crippen LogP contribution in [-0.4, -0.2) is 18.7 Å². The van der Waals surface area contributed by atoms with Crippen molar-refractivity contribution in [1.82, 2.24) is 0 Å². The molecule has 0 unspecified atom stereocenters. The summed E-state index contributed by atoms with van der Waals surface area (Å²) < 4.78 is 5.05. The maximum atomic E-state index is 11.9. The quantitative estimate of drug-likeness (QED) is 0.223. The van der Waals surface area contributed by atoms with E-state index in [2.05, 4.69) is 0 Å². The number of carbonyl (C=O) groups is 2. The first-order valence-electron chi connectivity index (χ1n) is 10.9. The van der Waals surface area contributed by atoms with Gasteiger partial charge in [0, 0.05) is 11.1 Å². The summed E-state index contributed by atoms with van der Waals surface area (Å²) in [5.41, 5.74) is 3.42. The summed E-state index contributed by atoms with van der Waals surface area (Å²) in [6.45, 7) is 0. The molecule has 0 amide bonds. The number of carbonyl (C=O) groups excluding carboxylic acids is 2. The maximum absolute atomic E-state index is 11.9. The molecular formula is C31H26O3. The average molecular weight is 447 g/mol. The topological polar surface area (TPSA) is 43.4 Å². The van der Waals surface area contributed by atoms with Gasteiger partial charge in [-0.25, -0.2) is 0 Å². The highest BCUT2D eigenvalue weighted by molar-refractivity contribution is 6.07. The molecule has 0 aromatic heterocycles. The molecule has 0 heterocycles. The number of allylic oxidation sites excluding steroid dienone is 2. The van der Waals surface area contributed by atoms with Gasteiger partial charge in [-0.1, -0.05) is 103 Å². The van der Waals surface area contributed by atoms with Crippen molar-refractivity contribution in [3.8, 4) is 5.75 Å². The summed E-state index contributed by atoms with van der Waals surface area (Å²) in [5, 5.41) is 0. The lowest BCUT2D eigenvalue weighted by atomic mass is 10.1. The van der Waals surface area contributed by atoms with Gasteiger partial charge in [0.1, 0.15) is 5.75 Å². The molecule has 0 saturated heterocycles. The highest BCUT2D eigenvalue weighted by atomic mass is 16.5. The minimum absolute atomic E-state index is 0.0125. The minimum atomic E-state index is -0.0125. The van der Waals surface area contributed by atoms with Gasteiger partial charge in [0.25, 0.3) is 0 Å². The maximum Gasteiger partial charge on any atom is 0.185 e. The van der Waals surface area contributed by atoms with Crippen LogP contribution in [0.1, 0.15) is 31.8 Å². The van der Waals surface area contributed by atoms with Gasteiger partial charge in [0.05, 0.1) is 7.11 Å². The van der Waals surface area contributed by atoms with Crippen LogP contribution < -0.4 is 4.74 Å². The second kappa shape index (κ2) is 13.1. The molecule has 0 bridgehead atoms. The summed E-state index contributed by atoms with van der Waals surface area (Å²) in [5.74, 6) is 0.768. The number of hydrogen-bond acceptors (Lipinski definition) is 3. The van der Waals surface area contributed by atoms with E-state index < -0.39 is 0 Å². The Hall–Kier alpha value is -4.50. The van der Waals surface area contributed by atoms with Crippen molar-refractivity contribution in [2.24, 2.45) is 0 Å². The Balaban J connectivity index is 0.000000192. The summed E-state index contributed by atoms with van der Waals surface area (Å²) >= 11 is 0. The number of hydrogen-bond donors (Lipinski definition) is 0. The zero-order valence-electron chi connectivity index (χ0n) is 19.0. The number of methoxy groups -OCH3 is 1. The van der Waals surface area contributed by atoms with Crippen LogP contribution in [0, 0.1) is 0 Å². The molecule has 0 fully saturated rings. The lowest BCUT2D eigenvalue weighted by Crippen LogP contribution is -1.94. The molecule has 0 aliphatic heterocycles. The fraction of sp³-hybridized carbons (Fsp3) is 0.0323. The SMILES string of the molecule is COc1ccc(C(=O)C=Cc2ccccc2)cc1.O=C(C=Cc1ccccc1)c1ccccc1. The van der Waals surface area contributed by atoms with E-state index in [9.17, 15) is 9.59 Å². The van der Waals surface area contributed by atoms with E-state index in [1.165, 1.54) is 0 Å². The molecule has 0 spiro atoms. The van der Waals surface area contributed by atoms with E-state index in [0.29, 0.717) is 5.56 Å². The van der Waals surface area contributed by atoms with Gasteiger partial charge in [0.15, 0.2) is 11.6 Å². The lowest BCUT2D eigenvalue weighted by Gasteiger charge is -2.00. The Bertz CT molecular complexity index is 1220. The molecule has 0 aliphatic rings. The number of rotatable bonds is 7. The molecule has 4 rings (SSSR count). The Labute approximate surface area is 200 Å². The molecule has 4 aromatic rings. The van der Waals surface area contributed by atoms with Crippen molar-refractivity contribution in [2.75, 3.05) is 7.11 Å². The fourth-order valence-corrected chi connectivity index (χ4v) is 3.02. The summed E-state index contributed by atoms with van der Waals surface area (Å²) in [6, 6.07) is 35.9. The van der Waals surface area contributed by atoms with E-state index in [4.69, 9.17) is 4.74 Å². The highest BCUT2D eigenvalue weighted by Gasteiger charge is 2.01. The van der Waals surface area contributed by atoms with E-state index in [1.807, 2.05) is 103 Å². The van der Waals surface area contributed by atoms with Gasteiger partial charge >= 0.3 is 0 Å². The van der Waals surface area contributed by atoms with E-state index in [-0.39, 0.29) is 11.6 Å². The van der Waals surface area contributed by atoms with Gasteiger partial charge in [-0.15, -0.1) is 0 Å². The minimum Gasteiger partial charge on any atom is -0.497 e. The molecule has 0 atom stereocenters. The molecule has 0 radical (unpaired) electrons. The largest absolute Gasteiger partial charge is 0.497 e. The van der Waals surface area contributed by atoms with Crippen molar-refractivity contribution in [1.29, 1.82) is 0 Å². The zero-order valence-corrected chi connectivity index (χ0v) is 19.0. The normalized spacial score (nSPS) is 10.5. The average Bonchev–Trinajstić information content (AvgIpc) is 2.92. The van der Waals surface area contributed by atoms with Crippen molar-refractivity contribution < 1.29 is 14.3 Å². The van der Waals surface area contributed by atoms with Crippen LogP contribution in [0.2, 0.25) is 0 Å². The highest BCUT2D eigenvalue weighted by Crippen LogP contribution is 2.12. The monoisotopic (exact) mass is 446 g/mol. The van der Waals surface area contributed by atoms with Gasteiger partial charge in [-0.05, 0) is 47.5 Å². The summed E-state index contributed by atoms with van der Waals surface area (Å²) in [7, 11) is 1.60. The molecule has 4 aromatic carbocycles. The Morgan fingerprint density at radius 3 is 1.32 bits per heavy atom. The van der Waals surface area contributed by atoms with Crippen LogP contribution in [0.5, 0.6) is 5.75 Å². The van der Waals surface area contributed by atoms with Crippen molar-refractivity contribution in [2.45, 2.75) is 0 Å². The predicted octanol–water partition coefficient (Wildman–Crippen LogP) is 7.17. The second-order valence-electron chi connectivity index (χ2n) is 7.31. The third-order valence-corrected chi connectivity index (χ3v) is 4.89. The Kier molecular flexibility index (Phi) is 9.33. The van der Waals surface area contributed by atoms with E-state index >= 15 is 0 Å². The second-order valence-corrected chi connectivity index (χ2v) is 7.31. The van der Waals surface area contributed by atoms with Crippen molar-refractivity contribution >= 4 is 23.7 Å². The first kappa shape index (κ1) is 24.1. The van der Waals surface area contributed by atoms with Crippen LogP contribution in [0.3, 0.4) is 0 Å². The predicted molar refractivity (Wildman–Crippen MR) is 139 cm³/mol.